The van der Waals surface area contributed by atoms with Crippen LogP contribution >= 0.6 is 0 Å². The molecule has 1 aliphatic carbocycles. The van der Waals surface area contributed by atoms with Gasteiger partial charge in [-0.05, 0) is 45.7 Å². The summed E-state index contributed by atoms with van der Waals surface area (Å²) in [6.07, 6.45) is -0.759. The molecule has 3 aromatic rings. The normalized spacial score (nSPS) is 13.5. The molecular formula is C31H34N2O9. The lowest BCUT2D eigenvalue weighted by Gasteiger charge is -2.41. The van der Waals surface area contributed by atoms with Gasteiger partial charge in [0.25, 0.3) is 5.69 Å². The van der Waals surface area contributed by atoms with Crippen LogP contribution in [0.4, 0.5) is 10.5 Å². The fourth-order valence-corrected chi connectivity index (χ4v) is 5.30. The molecule has 3 aromatic carbocycles. The molecule has 4 rings (SSSR count). The van der Waals surface area contributed by atoms with Crippen molar-refractivity contribution in [3.63, 3.8) is 0 Å². The number of methoxy groups -OCH3 is 1. The summed E-state index contributed by atoms with van der Waals surface area (Å²) in [6.45, 7) is 3.99. The van der Waals surface area contributed by atoms with Crippen LogP contribution in [0.25, 0.3) is 11.1 Å². The summed E-state index contributed by atoms with van der Waals surface area (Å²) in [4.78, 5) is 37.4. The monoisotopic (exact) mass is 578 g/mol. The SMILES string of the molecule is COCOc1cc([N+](=O)[O-])c(CC(NC(=O)OCc2cccc3c2Cc2ccccc2-3)(C(=O)O)C(C)(C)C)cc1CO. The summed E-state index contributed by atoms with van der Waals surface area (Å²) in [5.41, 5.74) is 1.79. The first kappa shape index (κ1) is 30.5. The van der Waals surface area contributed by atoms with Gasteiger partial charge in [-0.3, -0.25) is 10.1 Å². The Labute approximate surface area is 243 Å². The molecule has 0 aromatic heterocycles. The maximum atomic E-state index is 13.2. The molecule has 42 heavy (non-hydrogen) atoms. The third-order valence-electron chi connectivity index (χ3n) is 7.68. The number of aliphatic hydroxyl groups is 1. The van der Waals surface area contributed by atoms with Crippen LogP contribution in [0.5, 0.6) is 5.75 Å². The lowest BCUT2D eigenvalue weighted by molar-refractivity contribution is -0.385. The van der Waals surface area contributed by atoms with E-state index in [2.05, 4.69) is 11.4 Å². The van der Waals surface area contributed by atoms with Gasteiger partial charge in [-0.15, -0.1) is 0 Å². The number of amides is 1. The molecule has 0 saturated carbocycles. The molecule has 1 aliphatic rings. The summed E-state index contributed by atoms with van der Waals surface area (Å²) in [5, 5.41) is 34.9. The number of carbonyl (C=O) groups is 2. The Morgan fingerprint density at radius 2 is 1.74 bits per heavy atom. The van der Waals surface area contributed by atoms with Crippen molar-refractivity contribution in [3.8, 4) is 16.9 Å². The number of carbonyl (C=O) groups excluding carboxylic acids is 1. The third kappa shape index (κ3) is 5.93. The predicted molar refractivity (Wildman–Crippen MR) is 153 cm³/mol. The van der Waals surface area contributed by atoms with Crippen molar-refractivity contribution >= 4 is 17.7 Å². The maximum absolute atomic E-state index is 13.2. The van der Waals surface area contributed by atoms with Crippen molar-refractivity contribution < 1.29 is 38.9 Å². The lowest BCUT2D eigenvalue weighted by atomic mass is 9.69. The van der Waals surface area contributed by atoms with Crippen molar-refractivity contribution in [2.75, 3.05) is 13.9 Å². The first-order valence-corrected chi connectivity index (χ1v) is 13.3. The number of hydrogen-bond donors (Lipinski definition) is 3. The summed E-state index contributed by atoms with van der Waals surface area (Å²) in [5.74, 6) is -1.38. The van der Waals surface area contributed by atoms with Crippen molar-refractivity contribution in [1.29, 1.82) is 0 Å². The van der Waals surface area contributed by atoms with Gasteiger partial charge in [-0.1, -0.05) is 63.2 Å². The van der Waals surface area contributed by atoms with Crippen LogP contribution in [0.3, 0.4) is 0 Å². The van der Waals surface area contributed by atoms with E-state index in [1.165, 1.54) is 18.7 Å². The number of carboxylic acid groups (broad SMARTS) is 1. The number of rotatable bonds is 11. The minimum absolute atomic E-state index is 0.00918. The van der Waals surface area contributed by atoms with E-state index in [-0.39, 0.29) is 30.3 Å². The van der Waals surface area contributed by atoms with Crippen LogP contribution in [0.1, 0.15) is 48.6 Å². The zero-order valence-corrected chi connectivity index (χ0v) is 23.9. The van der Waals surface area contributed by atoms with Gasteiger partial charge in [0.15, 0.2) is 6.79 Å². The fourth-order valence-electron chi connectivity index (χ4n) is 5.30. The number of nitrogens with zero attached hydrogens (tertiary/aromatic N) is 1. The topological polar surface area (TPSA) is 157 Å². The molecule has 0 saturated heterocycles. The van der Waals surface area contributed by atoms with Gasteiger partial charge in [0.1, 0.15) is 17.9 Å². The number of carboxylic acids is 1. The van der Waals surface area contributed by atoms with Gasteiger partial charge >= 0.3 is 12.1 Å². The summed E-state index contributed by atoms with van der Waals surface area (Å²) in [6, 6.07) is 16.2. The van der Waals surface area contributed by atoms with Gasteiger partial charge in [0.2, 0.25) is 0 Å². The minimum Gasteiger partial charge on any atom is -0.479 e. The second kappa shape index (κ2) is 12.2. The highest BCUT2D eigenvalue weighted by atomic mass is 16.7. The molecule has 0 heterocycles. The molecule has 0 radical (unpaired) electrons. The zero-order valence-electron chi connectivity index (χ0n) is 23.9. The highest BCUT2D eigenvalue weighted by Gasteiger charge is 2.51. The van der Waals surface area contributed by atoms with Crippen molar-refractivity contribution in [2.45, 2.75) is 52.4 Å². The Morgan fingerprint density at radius 3 is 2.38 bits per heavy atom. The Kier molecular flexibility index (Phi) is 8.83. The molecule has 1 unspecified atom stereocenters. The van der Waals surface area contributed by atoms with E-state index < -0.39 is 46.7 Å². The molecule has 0 bridgehead atoms. The molecule has 11 nitrogen and oxygen atoms in total. The van der Waals surface area contributed by atoms with Crippen LogP contribution < -0.4 is 10.1 Å². The molecular weight excluding hydrogens is 544 g/mol. The number of alkyl carbamates (subject to hydrolysis) is 1. The third-order valence-corrected chi connectivity index (χ3v) is 7.68. The number of aliphatic hydroxyl groups excluding tert-OH is 1. The van der Waals surface area contributed by atoms with Gasteiger partial charge in [0.05, 0.1) is 17.6 Å². The lowest BCUT2D eigenvalue weighted by Crippen LogP contribution is -2.64. The largest absolute Gasteiger partial charge is 0.479 e. The molecule has 3 N–H and O–H groups in total. The summed E-state index contributed by atoms with van der Waals surface area (Å²) < 4.78 is 15.8. The van der Waals surface area contributed by atoms with Gasteiger partial charge in [-0.25, -0.2) is 9.59 Å². The van der Waals surface area contributed by atoms with Crippen LogP contribution in [0.2, 0.25) is 0 Å². The van der Waals surface area contributed by atoms with E-state index in [1.807, 2.05) is 36.4 Å². The molecule has 0 spiro atoms. The van der Waals surface area contributed by atoms with E-state index in [0.717, 1.165) is 28.3 Å². The molecule has 11 heteroatoms. The van der Waals surface area contributed by atoms with E-state index in [1.54, 1.807) is 20.8 Å². The van der Waals surface area contributed by atoms with Gasteiger partial charge in [0, 0.05) is 24.7 Å². The van der Waals surface area contributed by atoms with Crippen molar-refractivity contribution in [1.82, 2.24) is 5.32 Å². The van der Waals surface area contributed by atoms with Gasteiger partial charge in [-0.2, -0.15) is 0 Å². The second-order valence-corrected chi connectivity index (χ2v) is 11.2. The zero-order chi connectivity index (χ0) is 30.7. The number of fused-ring (bicyclic) bond motifs is 3. The van der Waals surface area contributed by atoms with Crippen LogP contribution in [0, 0.1) is 15.5 Å². The van der Waals surface area contributed by atoms with Crippen LogP contribution in [-0.4, -0.2) is 46.6 Å². The van der Waals surface area contributed by atoms with Gasteiger partial charge < -0.3 is 29.7 Å². The van der Waals surface area contributed by atoms with E-state index in [9.17, 15) is 29.9 Å². The first-order valence-electron chi connectivity index (χ1n) is 13.3. The summed E-state index contributed by atoms with van der Waals surface area (Å²) >= 11 is 0. The Bertz CT molecular complexity index is 1510. The number of nitrogens with one attached hydrogen (secondary N) is 1. The molecule has 0 fully saturated rings. The molecule has 1 atom stereocenters. The van der Waals surface area contributed by atoms with Crippen LogP contribution in [-0.2, 0) is 40.3 Å². The minimum atomic E-state index is -2.02. The Hall–Kier alpha value is -4.48. The molecule has 222 valence electrons. The smallest absolute Gasteiger partial charge is 0.408 e. The average molecular weight is 579 g/mol. The number of ether oxygens (including phenoxy) is 3. The quantitative estimate of drug-likeness (QED) is 0.127. The fraction of sp³-hybridized carbons (Fsp3) is 0.355. The standard InChI is InChI=1S/C31H34N2O9/c1-30(2,3)31(28(35)36,15-21-12-22(16-34)27(42-18-40-4)14-26(21)33(38)39)32-29(37)41-17-20-9-7-11-24-23-10-6-5-8-19(23)13-25(20)24/h5-12,14,34H,13,15-18H2,1-4H3,(H,32,37)(H,35,36). The highest BCUT2D eigenvalue weighted by Crippen LogP contribution is 2.40. The van der Waals surface area contributed by atoms with E-state index in [0.29, 0.717) is 6.42 Å². The number of nitro groups is 1. The summed E-state index contributed by atoms with van der Waals surface area (Å²) in [7, 11) is 1.38. The average Bonchev–Trinajstić information content (AvgIpc) is 3.33. The number of aliphatic carboxylic acids is 1. The van der Waals surface area contributed by atoms with E-state index >= 15 is 0 Å². The second-order valence-electron chi connectivity index (χ2n) is 11.2. The number of hydrogen-bond acceptors (Lipinski definition) is 8. The molecule has 1 amide bonds. The van der Waals surface area contributed by atoms with Crippen LogP contribution in [0.15, 0.2) is 54.6 Å². The number of benzene rings is 3. The maximum Gasteiger partial charge on any atom is 0.408 e. The Balaban J connectivity index is 1.62. The number of nitro benzene ring substituents is 1. The van der Waals surface area contributed by atoms with E-state index in [4.69, 9.17) is 14.2 Å². The Morgan fingerprint density at radius 1 is 1.02 bits per heavy atom. The van der Waals surface area contributed by atoms with Crippen molar-refractivity contribution in [2.24, 2.45) is 5.41 Å². The first-order chi connectivity index (χ1) is 19.9. The van der Waals surface area contributed by atoms with Crippen molar-refractivity contribution in [3.05, 3.63) is 92.5 Å². The highest BCUT2D eigenvalue weighted by molar-refractivity contribution is 5.86. The predicted octanol–water partition coefficient (Wildman–Crippen LogP) is 4.98. The molecule has 0 aliphatic heterocycles.